The van der Waals surface area contributed by atoms with Gasteiger partial charge in [-0.15, -0.1) is 0 Å². The number of carbonyl (C=O) groups is 2. The van der Waals surface area contributed by atoms with Gasteiger partial charge in [0.25, 0.3) is 5.91 Å². The predicted molar refractivity (Wildman–Crippen MR) is 110 cm³/mol. The second-order valence-electron chi connectivity index (χ2n) is 5.96. The van der Waals surface area contributed by atoms with E-state index in [2.05, 4.69) is 25.9 Å². The van der Waals surface area contributed by atoms with Crippen LogP contribution < -0.4 is 16.0 Å². The van der Waals surface area contributed by atoms with Crippen LogP contribution in [0.1, 0.15) is 23.0 Å². The molecule has 0 aliphatic rings. The summed E-state index contributed by atoms with van der Waals surface area (Å²) >= 11 is 5.87. The SMILES string of the molecule is CC(=O)Nc1ccc(NC(=O)c2ccnc(NCc3ccc(Cl)cc3)n2)cc1. The predicted octanol–water partition coefficient (Wildman–Crippen LogP) is 3.95. The van der Waals surface area contributed by atoms with Gasteiger partial charge in [-0.2, -0.15) is 0 Å². The number of benzene rings is 2. The number of aromatic nitrogens is 2. The van der Waals surface area contributed by atoms with Gasteiger partial charge in [-0.25, -0.2) is 9.97 Å². The van der Waals surface area contributed by atoms with Gasteiger partial charge in [-0.05, 0) is 48.0 Å². The van der Waals surface area contributed by atoms with Crippen molar-refractivity contribution >= 4 is 40.7 Å². The first-order chi connectivity index (χ1) is 13.5. The summed E-state index contributed by atoms with van der Waals surface area (Å²) in [7, 11) is 0. The van der Waals surface area contributed by atoms with Gasteiger partial charge in [0, 0.05) is 36.1 Å². The minimum atomic E-state index is -0.357. The molecule has 142 valence electrons. The van der Waals surface area contributed by atoms with E-state index >= 15 is 0 Å². The van der Waals surface area contributed by atoms with Gasteiger partial charge in [0.05, 0.1) is 0 Å². The molecule has 0 aliphatic heterocycles. The van der Waals surface area contributed by atoms with Gasteiger partial charge in [0.2, 0.25) is 11.9 Å². The van der Waals surface area contributed by atoms with Crippen LogP contribution in [0.15, 0.2) is 60.8 Å². The fraction of sp³-hybridized carbons (Fsp3) is 0.100. The fourth-order valence-corrected chi connectivity index (χ4v) is 2.51. The lowest BCUT2D eigenvalue weighted by Gasteiger charge is -2.08. The number of anilines is 3. The van der Waals surface area contributed by atoms with Gasteiger partial charge >= 0.3 is 0 Å². The fourth-order valence-electron chi connectivity index (χ4n) is 2.39. The van der Waals surface area contributed by atoms with Crippen molar-refractivity contribution < 1.29 is 9.59 Å². The van der Waals surface area contributed by atoms with Crippen LogP contribution in [0, 0.1) is 0 Å². The normalized spacial score (nSPS) is 10.2. The number of halogens is 1. The van der Waals surface area contributed by atoms with Crippen LogP contribution in [0.4, 0.5) is 17.3 Å². The summed E-state index contributed by atoms with van der Waals surface area (Å²) in [4.78, 5) is 31.8. The molecule has 3 N–H and O–H groups in total. The van der Waals surface area contributed by atoms with Gasteiger partial charge in [-0.1, -0.05) is 23.7 Å². The molecule has 0 saturated carbocycles. The molecule has 2 amide bonds. The van der Waals surface area contributed by atoms with E-state index in [-0.39, 0.29) is 17.5 Å². The summed E-state index contributed by atoms with van der Waals surface area (Å²) in [6.07, 6.45) is 1.52. The molecule has 0 unspecified atom stereocenters. The minimum Gasteiger partial charge on any atom is -0.350 e. The number of amides is 2. The number of carbonyl (C=O) groups excluding carboxylic acids is 2. The monoisotopic (exact) mass is 395 g/mol. The Kier molecular flexibility index (Phi) is 6.18. The molecule has 0 atom stereocenters. The zero-order valence-electron chi connectivity index (χ0n) is 15.1. The lowest BCUT2D eigenvalue weighted by Crippen LogP contribution is -2.15. The van der Waals surface area contributed by atoms with E-state index in [1.165, 1.54) is 19.2 Å². The van der Waals surface area contributed by atoms with Crippen LogP contribution in [0.2, 0.25) is 5.02 Å². The van der Waals surface area contributed by atoms with Crippen LogP contribution in [0.25, 0.3) is 0 Å². The van der Waals surface area contributed by atoms with E-state index in [0.717, 1.165) is 5.56 Å². The van der Waals surface area contributed by atoms with Crippen molar-refractivity contribution in [1.82, 2.24) is 9.97 Å². The topological polar surface area (TPSA) is 96.0 Å². The Morgan fingerprint density at radius 1 is 0.929 bits per heavy atom. The summed E-state index contributed by atoms with van der Waals surface area (Å²) in [5, 5.41) is 9.18. The Bertz CT molecular complexity index is 975. The van der Waals surface area contributed by atoms with Crippen LogP contribution in [-0.4, -0.2) is 21.8 Å². The van der Waals surface area contributed by atoms with Crippen molar-refractivity contribution in [2.45, 2.75) is 13.5 Å². The van der Waals surface area contributed by atoms with Crippen LogP contribution >= 0.6 is 11.6 Å². The third kappa shape index (κ3) is 5.52. The minimum absolute atomic E-state index is 0.156. The maximum Gasteiger partial charge on any atom is 0.274 e. The lowest BCUT2D eigenvalue weighted by molar-refractivity contribution is -0.114. The van der Waals surface area contributed by atoms with Crippen molar-refractivity contribution in [2.24, 2.45) is 0 Å². The van der Waals surface area contributed by atoms with Gasteiger partial charge in [0.1, 0.15) is 5.69 Å². The van der Waals surface area contributed by atoms with Gasteiger partial charge in [0.15, 0.2) is 0 Å². The highest BCUT2D eigenvalue weighted by Crippen LogP contribution is 2.15. The highest BCUT2D eigenvalue weighted by Gasteiger charge is 2.09. The van der Waals surface area contributed by atoms with Crippen molar-refractivity contribution in [3.8, 4) is 0 Å². The molecule has 3 aromatic rings. The van der Waals surface area contributed by atoms with E-state index < -0.39 is 0 Å². The molecule has 2 aromatic carbocycles. The Morgan fingerprint density at radius 2 is 1.57 bits per heavy atom. The van der Waals surface area contributed by atoms with Gasteiger partial charge in [-0.3, -0.25) is 9.59 Å². The summed E-state index contributed by atoms with van der Waals surface area (Å²) in [5.41, 5.74) is 2.50. The van der Waals surface area contributed by atoms with Crippen molar-refractivity contribution in [1.29, 1.82) is 0 Å². The standard InChI is InChI=1S/C20H18ClN5O2/c1-13(27)24-16-6-8-17(9-7-16)25-19(28)18-10-11-22-20(26-18)23-12-14-2-4-15(21)5-3-14/h2-11H,12H2,1H3,(H,24,27)(H,25,28)(H,22,23,26). The molecule has 0 bridgehead atoms. The number of hydrogen-bond donors (Lipinski definition) is 3. The number of nitrogens with one attached hydrogen (secondary N) is 3. The van der Waals surface area contributed by atoms with E-state index in [1.807, 2.05) is 12.1 Å². The van der Waals surface area contributed by atoms with Crippen LogP contribution in [0.5, 0.6) is 0 Å². The quantitative estimate of drug-likeness (QED) is 0.587. The van der Waals surface area contributed by atoms with E-state index in [1.54, 1.807) is 36.4 Å². The average molecular weight is 396 g/mol. The Morgan fingerprint density at radius 3 is 2.21 bits per heavy atom. The van der Waals surface area contributed by atoms with E-state index in [9.17, 15) is 9.59 Å². The molecule has 0 fully saturated rings. The van der Waals surface area contributed by atoms with Gasteiger partial charge < -0.3 is 16.0 Å². The molecule has 28 heavy (non-hydrogen) atoms. The molecule has 0 spiro atoms. The average Bonchev–Trinajstić information content (AvgIpc) is 2.69. The molecule has 0 aliphatic carbocycles. The maximum absolute atomic E-state index is 12.4. The highest BCUT2D eigenvalue weighted by atomic mass is 35.5. The van der Waals surface area contributed by atoms with E-state index in [0.29, 0.717) is 28.9 Å². The summed E-state index contributed by atoms with van der Waals surface area (Å²) in [6, 6.07) is 15.8. The Labute approximate surface area is 167 Å². The third-order valence-corrected chi connectivity index (χ3v) is 3.97. The first kappa shape index (κ1) is 19.3. The number of nitrogens with zero attached hydrogens (tertiary/aromatic N) is 2. The number of hydrogen-bond acceptors (Lipinski definition) is 5. The summed E-state index contributed by atoms with van der Waals surface area (Å²) in [5.74, 6) is -0.163. The molecule has 0 radical (unpaired) electrons. The Balaban J connectivity index is 1.61. The second-order valence-corrected chi connectivity index (χ2v) is 6.39. The molecule has 1 aromatic heterocycles. The summed E-state index contributed by atoms with van der Waals surface area (Å²) in [6.45, 7) is 1.94. The van der Waals surface area contributed by atoms with Crippen molar-refractivity contribution in [3.63, 3.8) is 0 Å². The zero-order valence-corrected chi connectivity index (χ0v) is 15.8. The smallest absolute Gasteiger partial charge is 0.274 e. The molecule has 8 heteroatoms. The molecular formula is C20H18ClN5O2. The van der Waals surface area contributed by atoms with Crippen LogP contribution in [0.3, 0.4) is 0 Å². The van der Waals surface area contributed by atoms with Crippen LogP contribution in [-0.2, 0) is 11.3 Å². The molecule has 1 heterocycles. The Hall–Kier alpha value is -3.45. The number of rotatable bonds is 6. The first-order valence-corrected chi connectivity index (χ1v) is 8.88. The highest BCUT2D eigenvalue weighted by molar-refractivity contribution is 6.30. The molecule has 3 rings (SSSR count). The van der Waals surface area contributed by atoms with Crippen molar-refractivity contribution in [3.05, 3.63) is 77.1 Å². The summed E-state index contributed by atoms with van der Waals surface area (Å²) < 4.78 is 0. The second kappa shape index (κ2) is 8.96. The van der Waals surface area contributed by atoms with Crippen molar-refractivity contribution in [2.75, 3.05) is 16.0 Å². The first-order valence-electron chi connectivity index (χ1n) is 8.50. The molecule has 7 nitrogen and oxygen atoms in total. The maximum atomic E-state index is 12.4. The third-order valence-electron chi connectivity index (χ3n) is 3.72. The molecule has 0 saturated heterocycles. The molecular weight excluding hydrogens is 378 g/mol. The van der Waals surface area contributed by atoms with E-state index in [4.69, 9.17) is 11.6 Å². The lowest BCUT2D eigenvalue weighted by atomic mass is 10.2. The largest absolute Gasteiger partial charge is 0.350 e. The zero-order chi connectivity index (χ0) is 19.9.